The second-order valence-corrected chi connectivity index (χ2v) is 9.88. The van der Waals surface area contributed by atoms with Crippen molar-refractivity contribution in [2.75, 3.05) is 5.32 Å². The fraction of sp³-hybridized carbons (Fsp3) is 0.526. The Morgan fingerprint density at radius 1 is 1.08 bits per heavy atom. The van der Waals surface area contributed by atoms with E-state index in [1.54, 1.807) is 0 Å². The minimum absolute atomic E-state index is 0.145. The molecule has 4 fully saturated rings. The molecule has 4 aliphatic rings. The van der Waals surface area contributed by atoms with Crippen LogP contribution in [-0.2, 0) is 4.79 Å². The number of benzene rings is 1. The predicted molar refractivity (Wildman–Crippen MR) is 102 cm³/mol. The summed E-state index contributed by atoms with van der Waals surface area (Å²) in [7, 11) is 0. The third kappa shape index (κ3) is 2.74. The van der Waals surface area contributed by atoms with Gasteiger partial charge in [0.25, 0.3) is 0 Å². The second-order valence-electron chi connectivity index (χ2n) is 8.04. The van der Waals surface area contributed by atoms with Gasteiger partial charge in [0.2, 0.25) is 11.0 Å². The number of rotatable bonds is 3. The van der Waals surface area contributed by atoms with Gasteiger partial charge in [-0.05, 0) is 62.3 Å². The summed E-state index contributed by atoms with van der Waals surface area (Å²) in [6.07, 6.45) is 7.24. The molecule has 25 heavy (non-hydrogen) atoms. The Kier molecular flexibility index (Phi) is 3.75. The van der Waals surface area contributed by atoms with Crippen LogP contribution in [0.3, 0.4) is 0 Å². The first-order chi connectivity index (χ1) is 12.1. The van der Waals surface area contributed by atoms with Crippen LogP contribution in [0.4, 0.5) is 5.13 Å². The van der Waals surface area contributed by atoms with Crippen LogP contribution in [0.15, 0.2) is 28.7 Å². The van der Waals surface area contributed by atoms with Crippen molar-refractivity contribution in [3.05, 3.63) is 28.7 Å². The molecule has 4 aliphatic carbocycles. The summed E-state index contributed by atoms with van der Waals surface area (Å²) in [4.78, 5) is 13.1. The highest BCUT2D eigenvalue weighted by atomic mass is 79.9. The highest BCUT2D eigenvalue weighted by Crippen LogP contribution is 2.60. The van der Waals surface area contributed by atoms with Crippen LogP contribution < -0.4 is 5.32 Å². The van der Waals surface area contributed by atoms with Gasteiger partial charge >= 0.3 is 0 Å². The Morgan fingerprint density at radius 2 is 1.72 bits per heavy atom. The van der Waals surface area contributed by atoms with E-state index in [2.05, 4.69) is 31.4 Å². The maximum Gasteiger partial charge on any atom is 0.232 e. The van der Waals surface area contributed by atoms with Crippen molar-refractivity contribution in [3.8, 4) is 10.6 Å². The summed E-state index contributed by atoms with van der Waals surface area (Å²) in [6.45, 7) is 0. The average molecular weight is 418 g/mol. The van der Waals surface area contributed by atoms with Gasteiger partial charge in [0.1, 0.15) is 0 Å². The standard InChI is InChI=1S/C19H20BrN3OS/c20-15-4-2-1-3-14(15)16-22-23-18(25-16)21-17(24)19-8-11-5-12(9-19)7-13(6-11)10-19/h1-4,11-13H,5-10H2,(H,21,23,24). The Bertz CT molecular complexity index is 798. The molecule has 1 N–H and O–H groups in total. The Morgan fingerprint density at radius 3 is 2.36 bits per heavy atom. The molecule has 130 valence electrons. The summed E-state index contributed by atoms with van der Waals surface area (Å²) < 4.78 is 0.991. The van der Waals surface area contributed by atoms with Gasteiger partial charge in [-0.1, -0.05) is 45.5 Å². The Balaban J connectivity index is 1.36. The lowest BCUT2D eigenvalue weighted by Gasteiger charge is -2.55. The maximum atomic E-state index is 13.1. The molecule has 0 spiro atoms. The molecule has 1 aromatic carbocycles. The van der Waals surface area contributed by atoms with Crippen LogP contribution in [0.2, 0.25) is 0 Å². The van der Waals surface area contributed by atoms with Crippen LogP contribution in [0.1, 0.15) is 38.5 Å². The molecule has 0 atom stereocenters. The molecule has 0 saturated heterocycles. The van der Waals surface area contributed by atoms with E-state index in [0.717, 1.165) is 52.1 Å². The SMILES string of the molecule is O=C(Nc1nnc(-c2ccccc2Br)s1)C12CC3CC(CC(C3)C1)C2. The van der Waals surface area contributed by atoms with Gasteiger partial charge in [0, 0.05) is 10.0 Å². The Hall–Kier alpha value is -1.27. The summed E-state index contributed by atoms with van der Waals surface area (Å²) in [6, 6.07) is 7.96. The van der Waals surface area contributed by atoms with Gasteiger partial charge in [-0.25, -0.2) is 0 Å². The van der Waals surface area contributed by atoms with Crippen molar-refractivity contribution in [3.63, 3.8) is 0 Å². The van der Waals surface area contributed by atoms with E-state index in [4.69, 9.17) is 0 Å². The lowest BCUT2D eigenvalue weighted by Crippen LogP contribution is -2.51. The predicted octanol–water partition coefficient (Wildman–Crippen LogP) is 5.12. The lowest BCUT2D eigenvalue weighted by molar-refractivity contribution is -0.140. The summed E-state index contributed by atoms with van der Waals surface area (Å²) in [5.74, 6) is 2.48. The maximum absolute atomic E-state index is 13.1. The zero-order chi connectivity index (χ0) is 17.0. The average Bonchev–Trinajstić information content (AvgIpc) is 3.02. The normalized spacial score (nSPS) is 32.8. The zero-order valence-electron chi connectivity index (χ0n) is 13.9. The van der Waals surface area contributed by atoms with Crippen molar-refractivity contribution in [2.24, 2.45) is 23.2 Å². The third-order valence-electron chi connectivity index (χ3n) is 6.27. The number of aromatic nitrogens is 2. The molecule has 6 rings (SSSR count). The fourth-order valence-electron chi connectivity index (χ4n) is 5.64. The van der Waals surface area contributed by atoms with Gasteiger partial charge < -0.3 is 5.32 Å². The number of hydrogen-bond donors (Lipinski definition) is 1. The van der Waals surface area contributed by atoms with Gasteiger partial charge in [-0.3, -0.25) is 4.79 Å². The van der Waals surface area contributed by atoms with Crippen LogP contribution >= 0.6 is 27.3 Å². The number of carbonyl (C=O) groups excluding carboxylic acids is 1. The molecule has 1 heterocycles. The minimum atomic E-state index is -0.145. The molecule has 1 aromatic heterocycles. The van der Waals surface area contributed by atoms with Gasteiger partial charge in [0.05, 0.1) is 5.41 Å². The number of nitrogens with zero attached hydrogens (tertiary/aromatic N) is 2. The molecule has 1 amide bonds. The Labute approximate surface area is 159 Å². The highest BCUT2D eigenvalue weighted by Gasteiger charge is 2.54. The quantitative estimate of drug-likeness (QED) is 0.753. The van der Waals surface area contributed by atoms with Crippen LogP contribution in [0.5, 0.6) is 0 Å². The summed E-state index contributed by atoms with van der Waals surface area (Å²) >= 11 is 5.00. The number of amides is 1. The number of halogens is 1. The molecule has 0 unspecified atom stereocenters. The van der Waals surface area contributed by atoms with Crippen LogP contribution in [0.25, 0.3) is 10.6 Å². The summed E-state index contributed by atoms with van der Waals surface area (Å²) in [5.41, 5.74) is 0.865. The third-order valence-corrected chi connectivity index (χ3v) is 7.83. The van der Waals surface area contributed by atoms with E-state index >= 15 is 0 Å². The summed E-state index contributed by atoms with van der Waals surface area (Å²) in [5, 5.41) is 13.0. The molecule has 0 aliphatic heterocycles. The fourth-order valence-corrected chi connectivity index (χ4v) is 7.02. The molecule has 4 nitrogen and oxygen atoms in total. The largest absolute Gasteiger partial charge is 0.300 e. The molecule has 4 bridgehead atoms. The van der Waals surface area contributed by atoms with Crippen molar-refractivity contribution in [2.45, 2.75) is 38.5 Å². The van der Waals surface area contributed by atoms with Crippen molar-refractivity contribution >= 4 is 38.3 Å². The molecular weight excluding hydrogens is 398 g/mol. The number of anilines is 1. The first-order valence-electron chi connectivity index (χ1n) is 9.01. The number of nitrogens with one attached hydrogen (secondary N) is 1. The topological polar surface area (TPSA) is 54.9 Å². The van der Waals surface area contributed by atoms with E-state index in [1.165, 1.54) is 30.6 Å². The minimum Gasteiger partial charge on any atom is -0.300 e. The monoisotopic (exact) mass is 417 g/mol. The molecule has 4 saturated carbocycles. The molecule has 0 radical (unpaired) electrons. The second kappa shape index (κ2) is 5.88. The van der Waals surface area contributed by atoms with Gasteiger partial charge in [0.15, 0.2) is 5.01 Å². The van der Waals surface area contributed by atoms with Crippen LogP contribution in [0, 0.1) is 23.2 Å². The van der Waals surface area contributed by atoms with E-state index in [0.29, 0.717) is 5.13 Å². The van der Waals surface area contributed by atoms with Gasteiger partial charge in [-0.15, -0.1) is 10.2 Å². The highest BCUT2D eigenvalue weighted by molar-refractivity contribution is 9.10. The molecular formula is C19H20BrN3OS. The first kappa shape index (κ1) is 15.9. The smallest absolute Gasteiger partial charge is 0.232 e. The number of hydrogen-bond acceptors (Lipinski definition) is 4. The lowest BCUT2D eigenvalue weighted by atomic mass is 9.49. The molecule has 2 aromatic rings. The van der Waals surface area contributed by atoms with Crippen LogP contribution in [-0.4, -0.2) is 16.1 Å². The zero-order valence-corrected chi connectivity index (χ0v) is 16.3. The van der Waals surface area contributed by atoms with Gasteiger partial charge in [-0.2, -0.15) is 0 Å². The van der Waals surface area contributed by atoms with E-state index in [1.807, 2.05) is 24.3 Å². The van der Waals surface area contributed by atoms with E-state index < -0.39 is 0 Å². The van der Waals surface area contributed by atoms with E-state index in [9.17, 15) is 4.79 Å². The van der Waals surface area contributed by atoms with Crippen molar-refractivity contribution < 1.29 is 4.79 Å². The van der Waals surface area contributed by atoms with Crippen molar-refractivity contribution in [1.29, 1.82) is 0 Å². The van der Waals surface area contributed by atoms with E-state index in [-0.39, 0.29) is 11.3 Å². The van der Waals surface area contributed by atoms with Crippen molar-refractivity contribution in [1.82, 2.24) is 10.2 Å². The first-order valence-corrected chi connectivity index (χ1v) is 10.6. The number of carbonyl (C=O) groups is 1. The molecule has 6 heteroatoms.